The predicted octanol–water partition coefficient (Wildman–Crippen LogP) is 17.9. The van der Waals surface area contributed by atoms with Crippen molar-refractivity contribution in [2.24, 2.45) is 4.99 Å². The summed E-state index contributed by atoms with van der Waals surface area (Å²) < 4.78 is 32.1. The molecule has 0 unspecified atom stereocenters. The standard InChI is InChI=1S/C22H24N6O.C17H19IN4O.C17H19N4O.C15H17N5.C14H11ClIN3O.3CH3.Sn/c1-14(2)26-22-20-19(9-10-23-22)28(12-16-5-7-17(29-4)8-6-16)27-21(20)18-11-15(3)24-13-25-18;1-11(2)20-17-15-14(8-9-19-17)22(21-16(15)18)10-12-4-6-13(23-3)7-5-12;1-12(2)20-17-15-10-19-21(16(15)8-9-18-17)11-13-4-6-14(22-3)7-5-13;1-9(2)20-15-13-11(4-5-16-15)7-17-14(13)12-6-10(3)18-8-19-12;1-20-10-4-2-9(3-5-10)8-19-11-6-7-17-13(15)12(11)14(16)18-19;;;;/h5-11,13-14H,12H2,1-4H3,(H,23,26);4-9,11H,10H2,1-3H3,(H,19,20);4-9,12H,11H2,1-3H3,(H,18,20);4-6,8-9H,7H2,1-3H3,(H,16,20);2-7H,8H2,1H3;3*1H3;. The summed E-state index contributed by atoms with van der Waals surface area (Å²) in [4.78, 5) is 51.2. The van der Waals surface area contributed by atoms with Gasteiger partial charge in [-0.1, -0.05) is 48.0 Å². The van der Waals surface area contributed by atoms with Gasteiger partial charge in [-0.3, -0.25) is 19.0 Å². The SMILES string of the molecule is COc1ccc(Cn2n[c]([Sn]([CH3])([CH3])[CH3])c3c(NC(C)C)nccc32)cc1.COc1ccc(Cn2nc(-c3cc(C)ncn3)c3c(NC(C)C)nccc32)cc1.COc1ccc(Cn2nc(I)c3c(Cl)nccc32)cc1.COc1ccc(Cn2nc(I)c3c(NC(C)C)nccc32)cc1.Cc1cc(C2=NCc3ccnc(NC(C)C)c32)ncn1. The second-order valence-corrected chi connectivity index (χ2v) is 46.9. The van der Waals surface area contributed by atoms with Crippen molar-refractivity contribution >= 4 is 151 Å². The molecule has 16 rings (SSSR count). The monoisotopic (exact) mass is 1940 g/mol. The van der Waals surface area contributed by atoms with Crippen LogP contribution >= 0.6 is 56.8 Å². The maximum atomic E-state index is 6.13. The van der Waals surface area contributed by atoms with E-state index >= 15 is 0 Å². The van der Waals surface area contributed by atoms with E-state index in [0.717, 1.165) is 149 Å². The molecule has 118 heavy (non-hydrogen) atoms. The summed E-state index contributed by atoms with van der Waals surface area (Å²) in [6, 6.07) is 47.4. The Bertz CT molecular complexity index is 5950. The van der Waals surface area contributed by atoms with E-state index in [0.29, 0.717) is 49.5 Å². The summed E-state index contributed by atoms with van der Waals surface area (Å²) in [5.74, 6) is 6.96. The second-order valence-electron chi connectivity index (χ2n) is 30.4. The summed E-state index contributed by atoms with van der Waals surface area (Å²) in [6.07, 6.45) is 12.2. The van der Waals surface area contributed by atoms with Crippen molar-refractivity contribution in [1.82, 2.24) is 84.0 Å². The van der Waals surface area contributed by atoms with Crippen molar-refractivity contribution in [3.63, 3.8) is 0 Å². The van der Waals surface area contributed by atoms with Gasteiger partial charge in [-0.25, -0.2) is 39.9 Å². The Morgan fingerprint density at radius 3 is 1.18 bits per heavy atom. The number of hydrogen-bond donors (Lipinski definition) is 4. The first-order chi connectivity index (χ1) is 56.8. The summed E-state index contributed by atoms with van der Waals surface area (Å²) >= 11 is 8.17. The molecule has 0 atom stereocenters. The number of anilines is 4. The molecule has 610 valence electrons. The van der Waals surface area contributed by atoms with Crippen molar-refractivity contribution in [2.45, 2.75) is 141 Å². The van der Waals surface area contributed by atoms with Gasteiger partial charge in [-0.15, -0.1) is 0 Å². The number of rotatable bonds is 23. The van der Waals surface area contributed by atoms with Gasteiger partial charge in [0.1, 0.15) is 65.6 Å². The van der Waals surface area contributed by atoms with Crippen molar-refractivity contribution in [3.8, 4) is 34.4 Å². The average Bonchev–Trinajstić information content (AvgIpc) is 1.61. The van der Waals surface area contributed by atoms with Gasteiger partial charge in [0.2, 0.25) is 0 Å². The molecule has 1 aliphatic rings. The quantitative estimate of drug-likeness (QED) is 0.0263. The molecule has 1 aliphatic heterocycles. The summed E-state index contributed by atoms with van der Waals surface area (Å²) in [6.45, 7) is 24.3. The van der Waals surface area contributed by atoms with Gasteiger partial charge in [0.05, 0.1) is 97.3 Å². The molecule has 4 N–H and O–H groups in total. The number of aromatic nitrogens is 17. The summed E-state index contributed by atoms with van der Waals surface area (Å²) in [5.41, 5.74) is 16.4. The Balaban J connectivity index is 0.000000137. The maximum Gasteiger partial charge on any atom is 0.141 e. The topological polar surface area (TPSA) is 285 Å². The number of ether oxygens (including phenoxy) is 4. The fourth-order valence-corrected chi connectivity index (χ4v) is 19.3. The van der Waals surface area contributed by atoms with Crippen molar-refractivity contribution in [3.05, 3.63) is 246 Å². The molecule has 0 radical (unpaired) electrons. The molecule has 26 nitrogen and oxygen atoms in total. The van der Waals surface area contributed by atoms with E-state index < -0.39 is 18.4 Å². The number of nitrogens with one attached hydrogen (secondary N) is 4. The van der Waals surface area contributed by atoms with Crippen LogP contribution in [0.3, 0.4) is 0 Å². The molecule has 0 bridgehead atoms. The average molecular weight is 1940 g/mol. The number of methoxy groups -OCH3 is 4. The van der Waals surface area contributed by atoms with Crippen LogP contribution < -0.4 is 43.9 Å². The predicted molar refractivity (Wildman–Crippen MR) is 493 cm³/mol. The summed E-state index contributed by atoms with van der Waals surface area (Å²) in [7, 11) is 6.69. The minimum atomic E-state index is -2.42. The zero-order chi connectivity index (χ0) is 83.9. The van der Waals surface area contributed by atoms with Crippen molar-refractivity contribution in [2.75, 3.05) is 49.7 Å². The molecule has 12 heterocycles. The van der Waals surface area contributed by atoms with Gasteiger partial charge in [-0.2, -0.15) is 15.3 Å². The van der Waals surface area contributed by atoms with Crippen LogP contribution in [0.2, 0.25) is 20.0 Å². The number of aryl methyl sites for hydroxylation is 2. The van der Waals surface area contributed by atoms with Crippen LogP contribution in [0.5, 0.6) is 23.0 Å². The molecule has 0 spiro atoms. The van der Waals surface area contributed by atoms with E-state index in [4.69, 9.17) is 40.7 Å². The van der Waals surface area contributed by atoms with Crippen molar-refractivity contribution in [1.29, 1.82) is 0 Å². The number of hydrogen-bond acceptors (Lipinski definition) is 22. The smallest absolute Gasteiger partial charge is 0.141 e. The molecular formula is C88H99ClI2N22O4Sn. The third kappa shape index (κ3) is 21.6. The van der Waals surface area contributed by atoms with Crippen molar-refractivity contribution < 1.29 is 18.9 Å². The minimum Gasteiger partial charge on any atom is -0.497 e. The van der Waals surface area contributed by atoms with Crippen LogP contribution in [-0.4, -0.2) is 161 Å². The van der Waals surface area contributed by atoms with E-state index in [1.807, 2.05) is 150 Å². The summed E-state index contributed by atoms with van der Waals surface area (Å²) in [5, 5.41) is 37.6. The van der Waals surface area contributed by atoms with Crippen LogP contribution in [0, 0.1) is 21.2 Å². The van der Waals surface area contributed by atoms with Gasteiger partial charge in [-0.05, 0) is 196 Å². The number of halogens is 3. The normalized spacial score (nSPS) is 11.7. The number of fused-ring (bicyclic) bond motifs is 5. The van der Waals surface area contributed by atoms with Gasteiger partial charge in [0, 0.05) is 59.9 Å². The molecule has 0 aliphatic carbocycles. The van der Waals surface area contributed by atoms with E-state index in [1.165, 1.54) is 25.8 Å². The largest absolute Gasteiger partial charge is 0.497 e. The first-order valence-corrected chi connectivity index (χ1v) is 51.4. The maximum absolute atomic E-state index is 6.13. The first kappa shape index (κ1) is 86.6. The van der Waals surface area contributed by atoms with Gasteiger partial charge in [0.25, 0.3) is 0 Å². The van der Waals surface area contributed by atoms with Crippen LogP contribution in [0.4, 0.5) is 23.3 Å². The van der Waals surface area contributed by atoms with Gasteiger partial charge < -0.3 is 30.2 Å². The van der Waals surface area contributed by atoms with Crippen LogP contribution in [0.1, 0.15) is 106 Å². The Kier molecular flexibility index (Phi) is 29.1. The molecule has 0 saturated heterocycles. The van der Waals surface area contributed by atoms with E-state index in [-0.39, 0.29) is 6.04 Å². The van der Waals surface area contributed by atoms with Gasteiger partial charge in [0.15, 0.2) is 0 Å². The van der Waals surface area contributed by atoms with Crippen LogP contribution in [0.25, 0.3) is 55.0 Å². The molecule has 0 fully saturated rings. The molecule has 15 aromatic rings. The number of pyridine rings is 5. The Morgan fingerprint density at radius 1 is 0.398 bits per heavy atom. The molecule has 11 aromatic heterocycles. The molecule has 4 aromatic carbocycles. The number of aliphatic imine (C=N–C) groups is 1. The van der Waals surface area contributed by atoms with Gasteiger partial charge >= 0.3 is 160 Å². The Morgan fingerprint density at radius 2 is 0.746 bits per heavy atom. The number of nitrogens with zero attached hydrogens (tertiary/aromatic N) is 18. The van der Waals surface area contributed by atoms with E-state index in [9.17, 15) is 0 Å². The third-order valence-electron chi connectivity index (χ3n) is 18.7. The Labute approximate surface area is 724 Å². The molecule has 0 amide bonds. The number of benzene rings is 4. The molecular weight excluding hydrogens is 1840 g/mol. The zero-order valence-electron chi connectivity index (χ0n) is 69.5. The molecule has 30 heteroatoms. The van der Waals surface area contributed by atoms with Crippen LogP contribution in [0.15, 0.2) is 188 Å². The van der Waals surface area contributed by atoms with E-state index in [1.54, 1.807) is 47.3 Å². The zero-order valence-corrected chi connectivity index (χ0v) is 77.4. The minimum absolute atomic E-state index is 0.248. The van der Waals surface area contributed by atoms with E-state index in [2.05, 4.69) is 244 Å². The third-order valence-corrected chi connectivity index (χ3v) is 25.5. The van der Waals surface area contributed by atoms with Crippen LogP contribution in [-0.2, 0) is 32.7 Å². The second kappa shape index (κ2) is 39.7. The molecule has 0 saturated carbocycles. The fourth-order valence-electron chi connectivity index (χ4n) is 13.2. The first-order valence-electron chi connectivity index (χ1n) is 38.8. The fraction of sp³-hybridized carbons (Fsp3) is 0.295. The Hall–Kier alpha value is -10.7.